The molecule has 5 aliphatic rings. The van der Waals surface area contributed by atoms with E-state index in [9.17, 15) is 37.1 Å². The molecule has 2 aromatic carbocycles. The van der Waals surface area contributed by atoms with Gasteiger partial charge in [0, 0.05) is 61.8 Å². The second-order valence-corrected chi connectivity index (χ2v) is 18.7. The number of rotatable bonds is 12. The number of anilines is 3. The zero-order valence-electron chi connectivity index (χ0n) is 37.5. The number of likely N-dealkylation sites (tertiary alicyclic amines) is 1. The maximum atomic E-state index is 14.8. The van der Waals surface area contributed by atoms with Gasteiger partial charge in [-0.15, -0.1) is 0 Å². The van der Waals surface area contributed by atoms with Gasteiger partial charge in [-0.3, -0.25) is 29.3 Å². The number of carbonyl (C=O) groups excluding carboxylic acids is 4. The standard InChI is InChI=1S/C47H53ClF3N9O7/c1-25(2)60-36-7-4-28(18-27(36)19-38(45(60)65)66-24-40(62)52-3)54-42-35(48)22-53-46(56-42)58-16-12-30(13-17-58)67-31-20-29(21-31)57-14-10-26(11-15-57)32-5-6-33-34(41(32)47(49,50)51)23-59(44(33)64)37-8-9-39(61)55-43(37)63/h4-7,18-19,22,25-26,29-31,37H,8-17,20-21,23-24H2,1-3H3,(H,52,62)(H,53,54,56)(H,55,61,63)/t29?,31?,37-/m1/s1. The van der Waals surface area contributed by atoms with Gasteiger partial charge in [-0.2, -0.15) is 18.2 Å². The number of hydrogen-bond donors (Lipinski definition) is 3. The van der Waals surface area contributed by atoms with E-state index >= 15 is 0 Å². The van der Waals surface area contributed by atoms with Gasteiger partial charge < -0.3 is 39.4 Å². The van der Waals surface area contributed by atoms with Crippen molar-refractivity contribution in [1.29, 1.82) is 0 Å². The number of amides is 4. The van der Waals surface area contributed by atoms with Gasteiger partial charge in [-0.05, 0) is 119 Å². The van der Waals surface area contributed by atoms with Gasteiger partial charge in [0.2, 0.25) is 17.8 Å². The number of alkyl halides is 3. The fourth-order valence-electron chi connectivity index (χ4n) is 10.3. The largest absolute Gasteiger partial charge is 0.478 e. The summed E-state index contributed by atoms with van der Waals surface area (Å²) in [4.78, 5) is 77.5. The molecule has 4 aliphatic heterocycles. The summed E-state index contributed by atoms with van der Waals surface area (Å²) in [7, 11) is 1.50. The number of imide groups is 1. The highest BCUT2D eigenvalue weighted by molar-refractivity contribution is 6.33. The Morgan fingerprint density at radius 2 is 1.72 bits per heavy atom. The Balaban J connectivity index is 0.765. The number of aromatic nitrogens is 3. The summed E-state index contributed by atoms with van der Waals surface area (Å²) in [5, 5.41) is 9.05. The van der Waals surface area contributed by atoms with Crippen LogP contribution in [0.1, 0.15) is 104 Å². The highest BCUT2D eigenvalue weighted by Crippen LogP contribution is 2.45. The molecule has 6 heterocycles. The number of carbonyl (C=O) groups is 4. The number of hydrogen-bond acceptors (Lipinski definition) is 12. The van der Waals surface area contributed by atoms with Crippen molar-refractivity contribution in [2.75, 3.05) is 50.1 Å². The SMILES string of the molecule is CNC(=O)COc1cc2cc(Nc3nc(N4CCC(OC5CC(N6CCC(c7ccc8c(c7C(F)(F)F)CN([C@@H]7CCC(=O)NC7=O)C8=O)CC6)C5)CC4)ncc3Cl)ccc2n(C(C)C)c1=O. The quantitative estimate of drug-likeness (QED) is 0.140. The molecule has 4 aromatic rings. The highest BCUT2D eigenvalue weighted by Gasteiger charge is 2.47. The van der Waals surface area contributed by atoms with E-state index in [0.717, 1.165) is 31.1 Å². The molecule has 0 spiro atoms. The lowest BCUT2D eigenvalue weighted by Crippen LogP contribution is -2.52. The summed E-state index contributed by atoms with van der Waals surface area (Å²) in [5.41, 5.74) is 0.371. The molecular weight excluding hydrogens is 895 g/mol. The van der Waals surface area contributed by atoms with Crippen molar-refractivity contribution >= 4 is 63.6 Å². The zero-order chi connectivity index (χ0) is 47.3. The first-order valence-corrected chi connectivity index (χ1v) is 23.3. The summed E-state index contributed by atoms with van der Waals surface area (Å²) < 4.78 is 58.2. The molecule has 356 valence electrons. The van der Waals surface area contributed by atoms with Gasteiger partial charge in [0.05, 0.1) is 29.5 Å². The van der Waals surface area contributed by atoms with E-state index in [-0.39, 0.29) is 84.1 Å². The van der Waals surface area contributed by atoms with Gasteiger partial charge in [0.15, 0.2) is 18.2 Å². The van der Waals surface area contributed by atoms with Crippen molar-refractivity contribution in [1.82, 2.24) is 35.0 Å². The van der Waals surface area contributed by atoms with Crippen LogP contribution in [0.25, 0.3) is 10.9 Å². The van der Waals surface area contributed by atoms with Gasteiger partial charge in [0.1, 0.15) is 11.1 Å². The molecule has 0 bridgehead atoms. The van der Waals surface area contributed by atoms with Crippen molar-refractivity contribution in [2.24, 2.45) is 0 Å². The molecule has 20 heteroatoms. The topological polar surface area (TPSA) is 180 Å². The predicted octanol–water partition coefficient (Wildman–Crippen LogP) is 6.07. The van der Waals surface area contributed by atoms with E-state index in [4.69, 9.17) is 26.1 Å². The molecule has 3 N–H and O–H groups in total. The molecule has 4 fully saturated rings. The number of fused-ring (bicyclic) bond motifs is 2. The Labute approximate surface area is 389 Å². The number of halogens is 4. The number of piperidine rings is 3. The van der Waals surface area contributed by atoms with Crippen LogP contribution in [0.2, 0.25) is 5.02 Å². The summed E-state index contributed by atoms with van der Waals surface area (Å²) in [6.45, 7) is 5.88. The number of benzene rings is 2. The second kappa shape index (κ2) is 18.7. The molecule has 3 saturated heterocycles. The molecule has 16 nitrogen and oxygen atoms in total. The number of nitrogens with one attached hydrogen (secondary N) is 3. The Bertz CT molecular complexity index is 2660. The first kappa shape index (κ1) is 46.3. The first-order valence-electron chi connectivity index (χ1n) is 22.9. The third kappa shape index (κ3) is 9.41. The summed E-state index contributed by atoms with van der Waals surface area (Å²) in [6, 6.07) is 9.25. The monoisotopic (exact) mass is 947 g/mol. The number of ether oxygens (including phenoxy) is 2. The maximum absolute atomic E-state index is 14.8. The van der Waals surface area contributed by atoms with Crippen molar-refractivity contribution in [3.63, 3.8) is 0 Å². The molecular formula is C47H53ClF3N9O7. The molecule has 9 rings (SSSR count). The summed E-state index contributed by atoms with van der Waals surface area (Å²) in [5.74, 6) is -1.40. The van der Waals surface area contributed by atoms with Crippen molar-refractivity contribution in [2.45, 2.75) is 114 Å². The van der Waals surface area contributed by atoms with E-state index in [2.05, 4.69) is 30.7 Å². The van der Waals surface area contributed by atoms with Crippen LogP contribution in [0, 0.1) is 0 Å². The Morgan fingerprint density at radius 3 is 2.40 bits per heavy atom. The average Bonchev–Trinajstić information content (AvgIpc) is 3.62. The van der Waals surface area contributed by atoms with Crippen LogP contribution in [0.4, 0.5) is 30.6 Å². The molecule has 1 aliphatic carbocycles. The van der Waals surface area contributed by atoms with E-state index in [0.29, 0.717) is 73.1 Å². The van der Waals surface area contributed by atoms with Crippen LogP contribution in [0.3, 0.4) is 0 Å². The smallest absolute Gasteiger partial charge is 0.417 e. The minimum Gasteiger partial charge on any atom is -0.478 e. The van der Waals surface area contributed by atoms with Crippen LogP contribution in [-0.4, -0.2) is 112 Å². The second-order valence-electron chi connectivity index (χ2n) is 18.3. The number of likely N-dealkylation sites (N-methyl/N-ethyl adjacent to an activating group) is 1. The van der Waals surface area contributed by atoms with Crippen molar-refractivity contribution in [3.05, 3.63) is 80.2 Å². The van der Waals surface area contributed by atoms with Crippen LogP contribution < -0.4 is 31.1 Å². The fourth-order valence-corrected chi connectivity index (χ4v) is 10.4. The normalized spacial score (nSPS) is 22.0. The van der Waals surface area contributed by atoms with Gasteiger partial charge in [0.25, 0.3) is 17.4 Å². The van der Waals surface area contributed by atoms with Crippen molar-refractivity contribution in [3.8, 4) is 5.75 Å². The Morgan fingerprint density at radius 1 is 0.970 bits per heavy atom. The third-order valence-corrected chi connectivity index (χ3v) is 14.1. The lowest BCUT2D eigenvalue weighted by Gasteiger charge is -2.47. The van der Waals surface area contributed by atoms with Gasteiger partial charge in [-0.25, -0.2) is 4.98 Å². The lowest BCUT2D eigenvalue weighted by molar-refractivity contribution is -0.139. The Kier molecular flexibility index (Phi) is 12.9. The molecule has 4 amide bonds. The molecule has 67 heavy (non-hydrogen) atoms. The maximum Gasteiger partial charge on any atom is 0.417 e. The molecule has 0 radical (unpaired) electrons. The van der Waals surface area contributed by atoms with Crippen molar-refractivity contribution < 1.29 is 41.8 Å². The lowest BCUT2D eigenvalue weighted by atomic mass is 9.81. The van der Waals surface area contributed by atoms with Crippen LogP contribution in [0.5, 0.6) is 5.75 Å². The van der Waals surface area contributed by atoms with E-state index < -0.39 is 35.5 Å². The molecule has 0 unspecified atom stereocenters. The highest BCUT2D eigenvalue weighted by atomic mass is 35.5. The van der Waals surface area contributed by atoms with E-state index in [1.165, 1.54) is 24.1 Å². The zero-order valence-corrected chi connectivity index (χ0v) is 38.2. The predicted molar refractivity (Wildman–Crippen MR) is 243 cm³/mol. The Hall–Kier alpha value is -5.79. The summed E-state index contributed by atoms with van der Waals surface area (Å²) in [6.07, 6.45) is 1.56. The molecule has 1 atom stereocenters. The van der Waals surface area contributed by atoms with Crippen LogP contribution in [0.15, 0.2) is 47.4 Å². The minimum absolute atomic E-state index is 0.0213. The third-order valence-electron chi connectivity index (χ3n) is 13.9. The average molecular weight is 948 g/mol. The number of nitrogens with zero attached hydrogens (tertiary/aromatic N) is 6. The molecule has 2 aromatic heterocycles. The van der Waals surface area contributed by atoms with Crippen LogP contribution >= 0.6 is 11.6 Å². The fraction of sp³-hybridized carbons (Fsp3) is 0.511. The van der Waals surface area contributed by atoms with Crippen LogP contribution in [-0.2, 0) is 31.8 Å². The van der Waals surface area contributed by atoms with E-state index in [1.54, 1.807) is 16.8 Å². The molecule has 1 saturated carbocycles. The first-order chi connectivity index (χ1) is 32.1. The van der Waals surface area contributed by atoms with E-state index in [1.807, 2.05) is 32.0 Å². The number of pyridine rings is 1. The minimum atomic E-state index is -4.68. The van der Waals surface area contributed by atoms with Gasteiger partial charge in [-0.1, -0.05) is 17.7 Å². The van der Waals surface area contributed by atoms with Gasteiger partial charge >= 0.3 is 6.18 Å². The summed E-state index contributed by atoms with van der Waals surface area (Å²) >= 11 is 6.58.